The molecule has 0 aliphatic heterocycles. The Bertz CT molecular complexity index is 608. The van der Waals surface area contributed by atoms with E-state index in [-0.39, 0.29) is 16.7 Å². The molecule has 0 aliphatic rings. The van der Waals surface area contributed by atoms with E-state index in [1.807, 2.05) is 31.2 Å². The number of phenolic OH excluding ortho intramolecular Hbond substituents is 1. The third-order valence-corrected chi connectivity index (χ3v) is 3.22. The van der Waals surface area contributed by atoms with Gasteiger partial charge in [0.05, 0.1) is 5.02 Å². The molecule has 1 N–H and O–H groups in total. The molecule has 0 saturated heterocycles. The lowest BCUT2D eigenvalue weighted by molar-refractivity contribution is 0.0993. The molecule has 0 aliphatic carbocycles. The zero-order chi connectivity index (χ0) is 14.0. The Kier molecular flexibility index (Phi) is 3.76. The summed E-state index contributed by atoms with van der Waals surface area (Å²) in [5.41, 5.74) is 2.38. The highest BCUT2D eigenvalue weighted by atomic mass is 35.5. The number of aryl methyl sites for hydroxylation is 1. The zero-order valence-electron chi connectivity index (χ0n) is 10.7. The molecule has 0 bridgehead atoms. The lowest BCUT2D eigenvalue weighted by Gasteiger charge is -2.17. The molecule has 2 aromatic carbocycles. The van der Waals surface area contributed by atoms with E-state index in [1.54, 1.807) is 18.0 Å². The smallest absolute Gasteiger partial charge is 0.258 e. The molecule has 3 nitrogen and oxygen atoms in total. The minimum atomic E-state index is -0.175. The first-order chi connectivity index (χ1) is 8.99. The Morgan fingerprint density at radius 3 is 2.37 bits per heavy atom. The van der Waals surface area contributed by atoms with Gasteiger partial charge >= 0.3 is 0 Å². The van der Waals surface area contributed by atoms with Crippen molar-refractivity contribution in [2.45, 2.75) is 6.92 Å². The first kappa shape index (κ1) is 13.4. The highest BCUT2D eigenvalue weighted by molar-refractivity contribution is 6.32. The number of nitrogens with zero attached hydrogens (tertiary/aromatic N) is 1. The van der Waals surface area contributed by atoms with Gasteiger partial charge in [0.25, 0.3) is 5.91 Å². The van der Waals surface area contributed by atoms with Crippen molar-refractivity contribution in [2.24, 2.45) is 0 Å². The first-order valence-corrected chi connectivity index (χ1v) is 6.20. The molecule has 0 saturated carbocycles. The summed E-state index contributed by atoms with van der Waals surface area (Å²) in [5.74, 6) is -0.207. The quantitative estimate of drug-likeness (QED) is 0.909. The van der Waals surface area contributed by atoms with Gasteiger partial charge in [-0.15, -0.1) is 0 Å². The Balaban J connectivity index is 2.28. The van der Waals surface area contributed by atoms with Crippen LogP contribution in [0.5, 0.6) is 5.75 Å². The summed E-state index contributed by atoms with van der Waals surface area (Å²) in [6.45, 7) is 1.99. The highest BCUT2D eigenvalue weighted by Gasteiger charge is 2.14. The monoisotopic (exact) mass is 275 g/mol. The van der Waals surface area contributed by atoms with Crippen molar-refractivity contribution < 1.29 is 9.90 Å². The number of aromatic hydroxyl groups is 1. The van der Waals surface area contributed by atoms with Gasteiger partial charge in [0.1, 0.15) is 5.75 Å². The van der Waals surface area contributed by atoms with Crippen molar-refractivity contribution in [3.8, 4) is 5.75 Å². The maximum atomic E-state index is 12.3. The summed E-state index contributed by atoms with van der Waals surface area (Å²) in [6, 6.07) is 12.1. The van der Waals surface area contributed by atoms with E-state index in [0.717, 1.165) is 11.3 Å². The number of amides is 1. The minimum absolute atomic E-state index is 0.0313. The number of hydrogen-bond donors (Lipinski definition) is 1. The highest BCUT2D eigenvalue weighted by Crippen LogP contribution is 2.25. The average molecular weight is 276 g/mol. The zero-order valence-corrected chi connectivity index (χ0v) is 11.5. The maximum absolute atomic E-state index is 12.3. The van der Waals surface area contributed by atoms with Gasteiger partial charge in [-0.25, -0.2) is 0 Å². The predicted octanol–water partition coefficient (Wildman–Crippen LogP) is 3.63. The molecule has 0 fully saturated rings. The van der Waals surface area contributed by atoms with Gasteiger partial charge in [-0.3, -0.25) is 4.79 Å². The Hall–Kier alpha value is -2.00. The molecule has 0 spiro atoms. The first-order valence-electron chi connectivity index (χ1n) is 5.82. The summed E-state index contributed by atoms with van der Waals surface area (Å²) in [6.07, 6.45) is 0. The van der Waals surface area contributed by atoms with Crippen molar-refractivity contribution in [1.29, 1.82) is 0 Å². The number of rotatable bonds is 2. The minimum Gasteiger partial charge on any atom is -0.506 e. The van der Waals surface area contributed by atoms with Gasteiger partial charge in [0.15, 0.2) is 0 Å². The van der Waals surface area contributed by atoms with Crippen LogP contribution in [-0.2, 0) is 0 Å². The van der Waals surface area contributed by atoms with Crippen LogP contribution >= 0.6 is 11.6 Å². The summed E-state index contributed by atoms with van der Waals surface area (Å²) in [7, 11) is 1.70. The molecule has 1 amide bonds. The SMILES string of the molecule is Cc1ccc(N(C)C(=O)c2ccc(O)c(Cl)c2)cc1. The van der Waals surface area contributed by atoms with Crippen LogP contribution in [0.2, 0.25) is 5.02 Å². The summed E-state index contributed by atoms with van der Waals surface area (Å²) in [5, 5.41) is 9.52. The number of hydrogen-bond acceptors (Lipinski definition) is 2. The Morgan fingerprint density at radius 2 is 1.79 bits per heavy atom. The van der Waals surface area contributed by atoms with Crippen molar-refractivity contribution in [2.75, 3.05) is 11.9 Å². The van der Waals surface area contributed by atoms with E-state index in [4.69, 9.17) is 11.6 Å². The largest absolute Gasteiger partial charge is 0.506 e. The van der Waals surface area contributed by atoms with Gasteiger partial charge < -0.3 is 10.0 Å². The predicted molar refractivity (Wildman–Crippen MR) is 77.0 cm³/mol. The molecule has 4 heteroatoms. The number of anilines is 1. The second kappa shape index (κ2) is 5.33. The molecule has 19 heavy (non-hydrogen) atoms. The fraction of sp³-hybridized carbons (Fsp3) is 0.133. The molecule has 0 heterocycles. The number of phenols is 1. The van der Waals surface area contributed by atoms with Crippen molar-refractivity contribution in [3.05, 3.63) is 58.6 Å². The summed E-state index contributed by atoms with van der Waals surface area (Å²) >= 11 is 5.81. The van der Waals surface area contributed by atoms with E-state index in [0.29, 0.717) is 5.56 Å². The molecular formula is C15H14ClNO2. The molecule has 0 radical (unpaired) electrons. The van der Waals surface area contributed by atoms with Crippen LogP contribution in [0.25, 0.3) is 0 Å². The van der Waals surface area contributed by atoms with E-state index < -0.39 is 0 Å². The summed E-state index contributed by atoms with van der Waals surface area (Å²) < 4.78 is 0. The van der Waals surface area contributed by atoms with Crippen LogP contribution in [0.4, 0.5) is 5.69 Å². The third-order valence-electron chi connectivity index (χ3n) is 2.92. The fourth-order valence-electron chi connectivity index (χ4n) is 1.72. The normalized spacial score (nSPS) is 10.3. The molecule has 0 atom stereocenters. The van der Waals surface area contributed by atoms with Crippen molar-refractivity contribution >= 4 is 23.2 Å². The molecule has 2 aromatic rings. The topological polar surface area (TPSA) is 40.5 Å². The van der Waals surface area contributed by atoms with Gasteiger partial charge in [0.2, 0.25) is 0 Å². The van der Waals surface area contributed by atoms with Crippen LogP contribution in [0, 0.1) is 6.92 Å². The van der Waals surface area contributed by atoms with Crippen molar-refractivity contribution in [3.63, 3.8) is 0 Å². The Labute approximate surface area is 117 Å². The van der Waals surface area contributed by atoms with Crippen molar-refractivity contribution in [1.82, 2.24) is 0 Å². The van der Waals surface area contributed by atoms with Gasteiger partial charge in [-0.1, -0.05) is 29.3 Å². The molecule has 0 unspecified atom stereocenters. The van der Waals surface area contributed by atoms with E-state index in [2.05, 4.69) is 0 Å². The average Bonchev–Trinajstić information content (AvgIpc) is 2.41. The molecular weight excluding hydrogens is 262 g/mol. The van der Waals surface area contributed by atoms with Crippen LogP contribution in [0.1, 0.15) is 15.9 Å². The van der Waals surface area contributed by atoms with Gasteiger partial charge in [-0.05, 0) is 37.3 Å². The maximum Gasteiger partial charge on any atom is 0.258 e. The fourth-order valence-corrected chi connectivity index (χ4v) is 1.90. The van der Waals surface area contributed by atoms with E-state index in [1.165, 1.54) is 12.1 Å². The Morgan fingerprint density at radius 1 is 1.16 bits per heavy atom. The van der Waals surface area contributed by atoms with Crippen LogP contribution in [-0.4, -0.2) is 18.1 Å². The number of carbonyl (C=O) groups is 1. The lowest BCUT2D eigenvalue weighted by Crippen LogP contribution is -2.26. The lowest BCUT2D eigenvalue weighted by atomic mass is 10.1. The molecule has 2 rings (SSSR count). The molecule has 0 aromatic heterocycles. The number of benzene rings is 2. The van der Waals surface area contributed by atoms with Crippen LogP contribution in [0.3, 0.4) is 0 Å². The second-order valence-corrected chi connectivity index (χ2v) is 4.77. The van der Waals surface area contributed by atoms with Crippen LogP contribution < -0.4 is 4.90 Å². The third kappa shape index (κ3) is 2.88. The molecule has 98 valence electrons. The van der Waals surface area contributed by atoms with Gasteiger partial charge in [0, 0.05) is 18.3 Å². The van der Waals surface area contributed by atoms with Crippen LogP contribution in [0.15, 0.2) is 42.5 Å². The summed E-state index contributed by atoms with van der Waals surface area (Å²) in [4.78, 5) is 13.8. The van der Waals surface area contributed by atoms with E-state index >= 15 is 0 Å². The standard InChI is InChI=1S/C15H14ClNO2/c1-10-3-6-12(7-4-10)17(2)15(19)11-5-8-14(18)13(16)9-11/h3-9,18H,1-2H3. The van der Waals surface area contributed by atoms with Gasteiger partial charge in [-0.2, -0.15) is 0 Å². The second-order valence-electron chi connectivity index (χ2n) is 4.37. The number of halogens is 1. The number of carbonyl (C=O) groups excluding carboxylic acids is 1. The van der Waals surface area contributed by atoms with E-state index in [9.17, 15) is 9.90 Å².